The fourth-order valence-electron chi connectivity index (χ4n) is 2.24. The number of aromatic nitrogens is 1. The molecule has 2 heterocycles. The minimum atomic E-state index is 0.608. The maximum Gasteiger partial charge on any atom is 0.160 e. The van der Waals surface area contributed by atoms with Crippen molar-refractivity contribution in [2.24, 2.45) is 0 Å². The molecule has 0 aliphatic heterocycles. The summed E-state index contributed by atoms with van der Waals surface area (Å²) < 4.78 is 5.64. The molecule has 7 heteroatoms. The fraction of sp³-hybridized carbons (Fsp3) is 0.200. The summed E-state index contributed by atoms with van der Waals surface area (Å²) in [7, 11) is 1.43. The molecule has 0 aliphatic carbocycles. The molecule has 0 bridgehead atoms. The third-order valence-corrected chi connectivity index (χ3v) is 4.43. The molecule has 0 aliphatic rings. The number of para-hydroxylation sites is 1. The number of hydrogen-bond donors (Lipinski definition) is 3. The van der Waals surface area contributed by atoms with Gasteiger partial charge in [0.15, 0.2) is 6.29 Å². The van der Waals surface area contributed by atoms with Gasteiger partial charge in [-0.15, -0.1) is 11.3 Å². The first-order valence-electron chi connectivity index (χ1n) is 8.47. The van der Waals surface area contributed by atoms with Crippen molar-refractivity contribution in [1.82, 2.24) is 15.8 Å². The highest BCUT2D eigenvalue weighted by Gasteiger charge is 2.04. The van der Waals surface area contributed by atoms with Crippen LogP contribution in [0.5, 0.6) is 5.75 Å². The lowest BCUT2D eigenvalue weighted by atomic mass is 10.2. The number of benzene rings is 1. The zero-order valence-electron chi connectivity index (χ0n) is 15.1. The molecule has 3 aromatic rings. The van der Waals surface area contributed by atoms with Gasteiger partial charge >= 0.3 is 0 Å². The molecule has 0 atom stereocenters. The molecule has 1 aromatic carbocycles. The smallest absolute Gasteiger partial charge is 0.160 e. The Kier molecular flexibility index (Phi) is 9.15. The third-order valence-electron chi connectivity index (χ3n) is 3.40. The van der Waals surface area contributed by atoms with Crippen LogP contribution in [-0.2, 0) is 6.54 Å². The summed E-state index contributed by atoms with van der Waals surface area (Å²) in [6.45, 7) is 2.03. The summed E-state index contributed by atoms with van der Waals surface area (Å²) in [5.41, 5.74) is 3.61. The molecule has 3 N–H and O–H groups in total. The van der Waals surface area contributed by atoms with Gasteiger partial charge in [0.05, 0.1) is 21.1 Å². The van der Waals surface area contributed by atoms with Crippen LogP contribution in [0.25, 0.3) is 10.6 Å². The van der Waals surface area contributed by atoms with Crippen molar-refractivity contribution < 1.29 is 14.7 Å². The minimum Gasteiger partial charge on any atom is -0.492 e. The molecule has 0 amide bonds. The number of carbonyl (C=O) groups excluding carboxylic acids is 1. The van der Waals surface area contributed by atoms with E-state index in [0.29, 0.717) is 18.0 Å². The number of nitrogens with one attached hydrogen (secondary N) is 2. The minimum absolute atomic E-state index is 0.608. The molecule has 6 nitrogen and oxygen atoms in total. The normalized spacial score (nSPS) is 10.0. The van der Waals surface area contributed by atoms with Crippen molar-refractivity contribution in [3.63, 3.8) is 0 Å². The first-order chi connectivity index (χ1) is 13.3. The topological polar surface area (TPSA) is 83.5 Å². The van der Waals surface area contributed by atoms with Gasteiger partial charge in [-0.3, -0.25) is 9.78 Å². The molecule has 142 valence electrons. The van der Waals surface area contributed by atoms with E-state index in [0.717, 1.165) is 34.8 Å². The number of nitrogens with zero attached hydrogens (tertiary/aromatic N) is 1. The summed E-state index contributed by atoms with van der Waals surface area (Å²) in [4.78, 5) is 17.2. The van der Waals surface area contributed by atoms with E-state index in [1.807, 2.05) is 60.7 Å². The predicted octanol–water partition coefficient (Wildman–Crippen LogP) is 3.39. The van der Waals surface area contributed by atoms with Crippen LogP contribution in [0.2, 0.25) is 0 Å². The van der Waals surface area contributed by atoms with E-state index in [-0.39, 0.29) is 0 Å². The van der Waals surface area contributed by atoms with Crippen molar-refractivity contribution in [2.75, 3.05) is 20.2 Å². The SMILES string of the molecule is CNO.O=Cc1ccc(-c2cccc(CNCCOc3ccccc3)n2)s1. The first kappa shape index (κ1) is 20.7. The van der Waals surface area contributed by atoms with Crippen LogP contribution >= 0.6 is 11.3 Å². The van der Waals surface area contributed by atoms with Crippen LogP contribution < -0.4 is 15.5 Å². The van der Waals surface area contributed by atoms with Crippen LogP contribution in [0, 0.1) is 0 Å². The highest BCUT2D eigenvalue weighted by Crippen LogP contribution is 2.25. The third kappa shape index (κ3) is 7.28. The molecular weight excluding hydrogens is 362 g/mol. The molecule has 27 heavy (non-hydrogen) atoms. The van der Waals surface area contributed by atoms with Crippen molar-refractivity contribution >= 4 is 17.6 Å². The molecule has 3 rings (SSSR count). The van der Waals surface area contributed by atoms with Gasteiger partial charge in [-0.1, -0.05) is 24.3 Å². The fourth-order valence-corrected chi connectivity index (χ4v) is 3.04. The molecule has 0 saturated carbocycles. The summed E-state index contributed by atoms with van der Waals surface area (Å²) in [5, 5.41) is 10.6. The van der Waals surface area contributed by atoms with E-state index in [9.17, 15) is 4.79 Å². The monoisotopic (exact) mass is 385 g/mol. The van der Waals surface area contributed by atoms with E-state index in [1.165, 1.54) is 18.4 Å². The Bertz CT molecular complexity index is 809. The second kappa shape index (κ2) is 11.9. The second-order valence-electron chi connectivity index (χ2n) is 5.40. The highest BCUT2D eigenvalue weighted by molar-refractivity contribution is 7.17. The number of carbonyl (C=O) groups is 1. The van der Waals surface area contributed by atoms with Crippen molar-refractivity contribution in [2.45, 2.75) is 6.54 Å². The Labute approximate surface area is 162 Å². The van der Waals surface area contributed by atoms with Crippen LogP contribution in [0.15, 0.2) is 60.7 Å². The van der Waals surface area contributed by atoms with Crippen LogP contribution in [0.1, 0.15) is 15.4 Å². The quantitative estimate of drug-likeness (QED) is 0.313. The van der Waals surface area contributed by atoms with Gasteiger partial charge in [-0.05, 0) is 36.4 Å². The lowest BCUT2D eigenvalue weighted by molar-refractivity contribution is 0.112. The number of aldehydes is 1. The Morgan fingerprint density at radius 1 is 1.11 bits per heavy atom. The molecule has 0 unspecified atom stereocenters. The Balaban J connectivity index is 0.000000817. The number of pyridine rings is 1. The molecule has 0 spiro atoms. The van der Waals surface area contributed by atoms with Gasteiger partial charge in [-0.25, -0.2) is 5.48 Å². The Morgan fingerprint density at radius 3 is 2.59 bits per heavy atom. The van der Waals surface area contributed by atoms with Crippen molar-refractivity contribution in [1.29, 1.82) is 0 Å². The van der Waals surface area contributed by atoms with Gasteiger partial charge in [0.1, 0.15) is 12.4 Å². The average molecular weight is 385 g/mol. The van der Waals surface area contributed by atoms with E-state index in [4.69, 9.17) is 9.94 Å². The lowest BCUT2D eigenvalue weighted by Crippen LogP contribution is -2.21. The molecule has 0 saturated heterocycles. The maximum atomic E-state index is 10.8. The van der Waals surface area contributed by atoms with Crippen molar-refractivity contribution in [3.05, 3.63) is 71.2 Å². The number of ether oxygens (including phenoxy) is 1. The van der Waals surface area contributed by atoms with Crippen molar-refractivity contribution in [3.8, 4) is 16.3 Å². The van der Waals surface area contributed by atoms with Crippen LogP contribution in [0.4, 0.5) is 0 Å². The molecule has 2 aromatic heterocycles. The number of hydrogen-bond acceptors (Lipinski definition) is 7. The van der Waals surface area contributed by atoms with E-state index >= 15 is 0 Å². The lowest BCUT2D eigenvalue weighted by Gasteiger charge is -2.08. The predicted molar refractivity (Wildman–Crippen MR) is 107 cm³/mol. The molecule has 0 fully saturated rings. The molecule has 0 radical (unpaired) electrons. The number of thiophene rings is 1. The number of rotatable bonds is 8. The summed E-state index contributed by atoms with van der Waals surface area (Å²) >= 11 is 1.45. The van der Waals surface area contributed by atoms with Gasteiger partial charge in [-0.2, -0.15) is 0 Å². The highest BCUT2D eigenvalue weighted by atomic mass is 32.1. The standard InChI is InChI=1S/C19H18N2O2S.CH5NO/c22-14-17-9-10-19(24-17)18-8-4-5-15(21-18)13-20-11-12-23-16-6-2-1-3-7-16;1-2-3/h1-10,14,20H,11-13H2;2-3H,1H3. The summed E-state index contributed by atoms with van der Waals surface area (Å²) in [6, 6.07) is 19.5. The second-order valence-corrected chi connectivity index (χ2v) is 6.51. The maximum absolute atomic E-state index is 10.8. The van der Waals surface area contributed by atoms with Gasteiger partial charge in [0, 0.05) is 20.1 Å². The Hall–Kier alpha value is -2.58. The van der Waals surface area contributed by atoms with Gasteiger partial charge in [0.25, 0.3) is 0 Å². The zero-order valence-corrected chi connectivity index (χ0v) is 15.9. The first-order valence-corrected chi connectivity index (χ1v) is 9.29. The average Bonchev–Trinajstić information content (AvgIpc) is 3.19. The largest absolute Gasteiger partial charge is 0.492 e. The zero-order chi connectivity index (χ0) is 19.3. The van der Waals surface area contributed by atoms with Gasteiger partial charge in [0.2, 0.25) is 0 Å². The van der Waals surface area contributed by atoms with Gasteiger partial charge < -0.3 is 15.3 Å². The van der Waals surface area contributed by atoms with E-state index in [2.05, 4.69) is 10.3 Å². The number of hydroxylamine groups is 1. The summed E-state index contributed by atoms with van der Waals surface area (Å²) in [6.07, 6.45) is 0.867. The van der Waals surface area contributed by atoms with E-state index < -0.39 is 0 Å². The molecular formula is C20H23N3O3S. The van der Waals surface area contributed by atoms with Crippen LogP contribution in [-0.4, -0.2) is 36.7 Å². The van der Waals surface area contributed by atoms with E-state index in [1.54, 1.807) is 5.48 Å². The van der Waals surface area contributed by atoms with Crippen LogP contribution in [0.3, 0.4) is 0 Å². The Morgan fingerprint density at radius 2 is 1.89 bits per heavy atom. The summed E-state index contributed by atoms with van der Waals surface area (Å²) in [5.74, 6) is 0.878.